The number of hydrogen-bond donors (Lipinski definition) is 1. The molecule has 0 bridgehead atoms. The van der Waals surface area contributed by atoms with Crippen LogP contribution >= 0.6 is 28.1 Å². The fourth-order valence-electron chi connectivity index (χ4n) is 2.03. The first kappa shape index (κ1) is 15.6. The predicted octanol–water partition coefficient (Wildman–Crippen LogP) is 4.26. The van der Waals surface area contributed by atoms with Crippen LogP contribution in [0, 0.1) is 4.77 Å². The van der Waals surface area contributed by atoms with E-state index in [9.17, 15) is 0 Å². The van der Waals surface area contributed by atoms with Crippen LogP contribution in [0.5, 0.6) is 5.75 Å². The normalized spacial score (nSPS) is 11.0. The maximum atomic E-state index is 5.27. The number of H-pyrrole nitrogens is 1. The molecule has 23 heavy (non-hydrogen) atoms. The Labute approximate surface area is 146 Å². The monoisotopic (exact) mass is 388 g/mol. The first-order valence-corrected chi connectivity index (χ1v) is 8.00. The predicted molar refractivity (Wildman–Crippen MR) is 96.5 cm³/mol. The van der Waals surface area contributed by atoms with Gasteiger partial charge in [0, 0.05) is 10.0 Å². The molecule has 5 nitrogen and oxygen atoms in total. The molecule has 1 heterocycles. The van der Waals surface area contributed by atoms with E-state index >= 15 is 0 Å². The smallest absolute Gasteiger partial charge is 0.216 e. The van der Waals surface area contributed by atoms with Crippen molar-refractivity contribution in [3.05, 3.63) is 63.3 Å². The summed E-state index contributed by atoms with van der Waals surface area (Å²) in [5.41, 5.74) is 1.85. The van der Waals surface area contributed by atoms with Crippen molar-refractivity contribution in [2.75, 3.05) is 7.11 Å². The van der Waals surface area contributed by atoms with Crippen molar-refractivity contribution >= 4 is 34.4 Å². The van der Waals surface area contributed by atoms with Crippen LogP contribution in [0.4, 0.5) is 0 Å². The number of nitrogens with zero attached hydrogens (tertiary/aromatic N) is 3. The van der Waals surface area contributed by atoms with Gasteiger partial charge in [0.1, 0.15) is 5.75 Å². The molecule has 1 N–H and O–H groups in total. The van der Waals surface area contributed by atoms with Crippen LogP contribution in [0.3, 0.4) is 0 Å². The molecule has 0 fully saturated rings. The van der Waals surface area contributed by atoms with Crippen molar-refractivity contribution in [3.63, 3.8) is 0 Å². The molecule has 0 aliphatic rings. The van der Waals surface area contributed by atoms with E-state index in [-0.39, 0.29) is 0 Å². The molecular formula is C16H13BrN4OS. The molecule has 0 amide bonds. The maximum Gasteiger partial charge on any atom is 0.216 e. The highest BCUT2D eigenvalue weighted by Gasteiger charge is 2.10. The van der Waals surface area contributed by atoms with Crippen molar-refractivity contribution in [3.8, 4) is 17.1 Å². The van der Waals surface area contributed by atoms with Crippen molar-refractivity contribution in [2.45, 2.75) is 0 Å². The molecule has 3 rings (SSSR count). The Morgan fingerprint density at radius 1 is 1.22 bits per heavy atom. The molecule has 0 atom stereocenters. The van der Waals surface area contributed by atoms with E-state index in [0.29, 0.717) is 10.6 Å². The number of aromatic nitrogens is 3. The molecule has 0 spiro atoms. The Morgan fingerprint density at radius 3 is 2.65 bits per heavy atom. The van der Waals surface area contributed by atoms with Gasteiger partial charge in [-0.25, -0.2) is 5.10 Å². The standard InChI is InChI=1S/C16H13BrN4OS/c1-22-12-8-6-11(7-9-12)10-18-21-15(19-20-16(21)23)13-4-2-3-5-14(13)17/h2-10H,1H3,(H,20,23)/b18-10-. The highest BCUT2D eigenvalue weighted by atomic mass is 79.9. The number of hydrogen-bond acceptors (Lipinski definition) is 4. The van der Waals surface area contributed by atoms with Crippen molar-refractivity contribution < 1.29 is 4.74 Å². The van der Waals surface area contributed by atoms with E-state index in [0.717, 1.165) is 21.3 Å². The Bertz CT molecular complexity index is 899. The lowest BCUT2D eigenvalue weighted by Gasteiger charge is -2.03. The minimum absolute atomic E-state index is 0.431. The van der Waals surface area contributed by atoms with Gasteiger partial charge >= 0.3 is 0 Å². The summed E-state index contributed by atoms with van der Waals surface area (Å²) in [5.74, 6) is 1.45. The van der Waals surface area contributed by atoms with E-state index in [4.69, 9.17) is 17.0 Å². The highest BCUT2D eigenvalue weighted by molar-refractivity contribution is 9.10. The molecule has 1 aromatic heterocycles. The Balaban J connectivity index is 1.97. The Hall–Kier alpha value is -2.25. The SMILES string of the molecule is COc1ccc(/C=N\n2c(-c3ccccc3Br)n[nH]c2=S)cc1. The number of methoxy groups -OCH3 is 1. The summed E-state index contributed by atoms with van der Waals surface area (Å²) in [6.07, 6.45) is 1.73. The van der Waals surface area contributed by atoms with Crippen LogP contribution in [0.2, 0.25) is 0 Å². The zero-order valence-electron chi connectivity index (χ0n) is 12.2. The van der Waals surface area contributed by atoms with Crippen LogP contribution < -0.4 is 4.74 Å². The molecule has 0 unspecified atom stereocenters. The minimum atomic E-state index is 0.431. The molecular weight excluding hydrogens is 376 g/mol. The molecule has 116 valence electrons. The molecule has 0 saturated heterocycles. The summed E-state index contributed by atoms with van der Waals surface area (Å²) in [6, 6.07) is 15.4. The zero-order valence-corrected chi connectivity index (χ0v) is 14.6. The van der Waals surface area contributed by atoms with Crippen LogP contribution in [-0.2, 0) is 0 Å². The minimum Gasteiger partial charge on any atom is -0.497 e. The summed E-state index contributed by atoms with van der Waals surface area (Å²) >= 11 is 8.79. The van der Waals surface area contributed by atoms with Gasteiger partial charge in [-0.1, -0.05) is 28.1 Å². The second-order valence-corrected chi connectivity index (χ2v) is 5.90. The maximum absolute atomic E-state index is 5.27. The molecule has 3 aromatic rings. The lowest BCUT2D eigenvalue weighted by molar-refractivity contribution is 0.415. The van der Waals surface area contributed by atoms with Crippen molar-refractivity contribution in [2.24, 2.45) is 5.10 Å². The van der Waals surface area contributed by atoms with Crippen LogP contribution in [-0.4, -0.2) is 28.2 Å². The van der Waals surface area contributed by atoms with Gasteiger partial charge in [-0.15, -0.1) is 0 Å². The second-order valence-electron chi connectivity index (χ2n) is 4.66. The van der Waals surface area contributed by atoms with Gasteiger partial charge < -0.3 is 4.74 Å². The number of rotatable bonds is 4. The van der Waals surface area contributed by atoms with E-state index < -0.39 is 0 Å². The van der Waals surface area contributed by atoms with Gasteiger partial charge in [0.05, 0.1) is 13.3 Å². The first-order chi connectivity index (χ1) is 11.2. The number of nitrogens with one attached hydrogen (secondary N) is 1. The van der Waals surface area contributed by atoms with Crippen LogP contribution in [0.1, 0.15) is 5.56 Å². The fourth-order valence-corrected chi connectivity index (χ4v) is 2.67. The number of halogens is 1. The Morgan fingerprint density at radius 2 is 1.96 bits per heavy atom. The van der Waals surface area contributed by atoms with Crippen molar-refractivity contribution in [1.29, 1.82) is 0 Å². The van der Waals surface area contributed by atoms with E-state index in [1.807, 2.05) is 48.5 Å². The topological polar surface area (TPSA) is 55.2 Å². The third kappa shape index (κ3) is 3.40. The third-order valence-electron chi connectivity index (χ3n) is 3.20. The van der Waals surface area contributed by atoms with Gasteiger partial charge in [0.25, 0.3) is 0 Å². The van der Waals surface area contributed by atoms with Gasteiger partial charge in [-0.05, 0) is 54.2 Å². The largest absolute Gasteiger partial charge is 0.497 e. The van der Waals surface area contributed by atoms with Gasteiger partial charge in [-0.2, -0.15) is 14.9 Å². The average molecular weight is 389 g/mol. The molecule has 0 aliphatic carbocycles. The Kier molecular flexibility index (Phi) is 4.68. The number of aromatic amines is 1. The summed E-state index contributed by atoms with van der Waals surface area (Å²) in [4.78, 5) is 0. The van der Waals surface area contributed by atoms with E-state index in [2.05, 4.69) is 31.2 Å². The lowest BCUT2D eigenvalue weighted by atomic mass is 10.2. The van der Waals surface area contributed by atoms with Gasteiger partial charge in [-0.3, -0.25) is 0 Å². The van der Waals surface area contributed by atoms with Gasteiger partial charge in [0.2, 0.25) is 4.77 Å². The lowest BCUT2D eigenvalue weighted by Crippen LogP contribution is -1.95. The average Bonchev–Trinajstić information content (AvgIpc) is 2.94. The molecule has 2 aromatic carbocycles. The second kappa shape index (κ2) is 6.89. The third-order valence-corrected chi connectivity index (χ3v) is 4.16. The van der Waals surface area contributed by atoms with Crippen molar-refractivity contribution in [1.82, 2.24) is 14.9 Å². The summed E-state index contributed by atoms with van der Waals surface area (Å²) in [5, 5.41) is 11.5. The highest BCUT2D eigenvalue weighted by Crippen LogP contribution is 2.26. The van der Waals surface area contributed by atoms with E-state index in [1.165, 1.54) is 0 Å². The molecule has 7 heteroatoms. The molecule has 0 aliphatic heterocycles. The quantitative estimate of drug-likeness (QED) is 0.536. The van der Waals surface area contributed by atoms with E-state index in [1.54, 1.807) is 18.0 Å². The first-order valence-electron chi connectivity index (χ1n) is 6.80. The van der Waals surface area contributed by atoms with Crippen LogP contribution in [0.15, 0.2) is 58.1 Å². The summed E-state index contributed by atoms with van der Waals surface area (Å²) < 4.78 is 8.10. The summed E-state index contributed by atoms with van der Waals surface area (Å²) in [7, 11) is 1.64. The summed E-state index contributed by atoms with van der Waals surface area (Å²) in [6.45, 7) is 0. The van der Waals surface area contributed by atoms with Crippen LogP contribution in [0.25, 0.3) is 11.4 Å². The van der Waals surface area contributed by atoms with Gasteiger partial charge in [0.15, 0.2) is 5.82 Å². The molecule has 0 radical (unpaired) electrons. The fraction of sp³-hybridized carbons (Fsp3) is 0.0625. The number of ether oxygens (including phenoxy) is 1. The number of benzene rings is 2. The molecule has 0 saturated carbocycles. The zero-order chi connectivity index (χ0) is 16.2.